The Labute approximate surface area is 417 Å². The first kappa shape index (κ1) is 44.8. The molecule has 0 aromatic heterocycles. The van der Waals surface area contributed by atoms with Gasteiger partial charge in [0.1, 0.15) is 5.84 Å². The first-order chi connectivity index (χ1) is 35.1. The van der Waals surface area contributed by atoms with Gasteiger partial charge in [-0.2, -0.15) is 0 Å². The van der Waals surface area contributed by atoms with Crippen LogP contribution in [0.15, 0.2) is 247 Å². The minimum atomic E-state index is -0.371. The number of fused-ring (bicyclic) bond motifs is 16. The highest BCUT2D eigenvalue weighted by Gasteiger charge is 2.51. The molecule has 71 heavy (non-hydrogen) atoms. The molecule has 0 radical (unpaired) electrons. The number of rotatable bonds is 6. The minimum absolute atomic E-state index is 0.371. The lowest BCUT2D eigenvalue weighted by atomic mass is 9.70. The molecule has 3 nitrogen and oxygen atoms in total. The third-order valence-corrected chi connectivity index (χ3v) is 14.2. The van der Waals surface area contributed by atoms with E-state index in [0.717, 1.165) is 27.8 Å². The molecule has 11 aromatic carbocycles. The fourth-order valence-electron chi connectivity index (χ4n) is 11.2. The summed E-state index contributed by atoms with van der Waals surface area (Å²) in [7, 11) is 0. The molecule has 0 atom stereocenters. The van der Waals surface area contributed by atoms with Crippen LogP contribution in [0.3, 0.4) is 0 Å². The molecule has 2 aliphatic rings. The third kappa shape index (κ3) is 7.44. The van der Waals surface area contributed by atoms with Crippen LogP contribution >= 0.6 is 0 Å². The molecule has 0 bridgehead atoms. The molecular weight excluding hydrogens is 859 g/mol. The highest BCUT2D eigenvalue weighted by molar-refractivity contribution is 6.28. The van der Waals surface area contributed by atoms with E-state index < -0.39 is 0 Å². The predicted molar refractivity (Wildman–Crippen MR) is 303 cm³/mol. The Kier molecular flexibility index (Phi) is 12.0. The van der Waals surface area contributed by atoms with Crippen molar-refractivity contribution in [3.8, 4) is 44.5 Å². The molecule has 0 amide bonds. The summed E-state index contributed by atoms with van der Waals surface area (Å²) in [5.74, 6) is 1.02. The number of nitrogens with zero attached hydrogens (tertiary/aromatic N) is 2. The summed E-state index contributed by atoms with van der Waals surface area (Å²) in [5.41, 5.74) is 24.6. The Bertz CT molecular complexity index is 3780. The zero-order valence-electron chi connectivity index (χ0n) is 40.7. The lowest BCUT2D eigenvalue weighted by molar-refractivity contribution is 0.794. The summed E-state index contributed by atoms with van der Waals surface area (Å²) < 4.78 is 0. The zero-order valence-corrected chi connectivity index (χ0v) is 40.7. The predicted octanol–water partition coefficient (Wildman–Crippen LogP) is 17.2. The summed E-state index contributed by atoms with van der Waals surface area (Å²) >= 11 is 0. The molecule has 342 valence electrons. The largest absolute Gasteiger partial charge is 0.383 e. The molecular formula is C68H55N3. The van der Waals surface area contributed by atoms with Crippen LogP contribution < -0.4 is 5.73 Å². The topological polar surface area (TPSA) is 50.7 Å². The van der Waals surface area contributed by atoms with Gasteiger partial charge in [0, 0.05) is 11.1 Å². The van der Waals surface area contributed by atoms with E-state index in [-0.39, 0.29) is 5.41 Å². The van der Waals surface area contributed by atoms with Gasteiger partial charge in [-0.05, 0) is 117 Å². The normalized spacial score (nSPS) is 12.9. The zero-order chi connectivity index (χ0) is 48.5. The Morgan fingerprint density at radius 3 is 1.49 bits per heavy atom. The van der Waals surface area contributed by atoms with E-state index in [1.54, 1.807) is 0 Å². The second-order valence-corrected chi connectivity index (χ2v) is 17.7. The van der Waals surface area contributed by atoms with Gasteiger partial charge >= 0.3 is 0 Å². The van der Waals surface area contributed by atoms with Crippen molar-refractivity contribution in [3.05, 3.63) is 276 Å². The molecule has 3 heteroatoms. The molecule has 13 rings (SSSR count). The third-order valence-electron chi connectivity index (χ3n) is 14.2. The van der Waals surface area contributed by atoms with E-state index >= 15 is 0 Å². The molecule has 0 heterocycles. The Morgan fingerprint density at radius 1 is 0.366 bits per heavy atom. The van der Waals surface area contributed by atoms with Crippen LogP contribution in [0.2, 0.25) is 0 Å². The van der Waals surface area contributed by atoms with Crippen molar-refractivity contribution >= 4 is 44.0 Å². The van der Waals surface area contributed by atoms with Crippen molar-refractivity contribution in [2.45, 2.75) is 39.7 Å². The first-order valence-corrected chi connectivity index (χ1v) is 25.1. The summed E-state index contributed by atoms with van der Waals surface area (Å²) in [6, 6.07) is 85.5. The Balaban J connectivity index is 0.00000134. The van der Waals surface area contributed by atoms with Gasteiger partial charge in [0.15, 0.2) is 5.84 Å². The van der Waals surface area contributed by atoms with Gasteiger partial charge in [0.2, 0.25) is 0 Å². The number of benzene rings is 11. The van der Waals surface area contributed by atoms with Crippen LogP contribution in [0.1, 0.15) is 66.6 Å². The average molecular weight is 914 g/mol. The van der Waals surface area contributed by atoms with Gasteiger partial charge in [-0.1, -0.05) is 252 Å². The van der Waals surface area contributed by atoms with Crippen LogP contribution in [0.4, 0.5) is 0 Å². The van der Waals surface area contributed by atoms with Crippen LogP contribution in [-0.4, -0.2) is 11.7 Å². The molecule has 0 aliphatic heterocycles. The minimum Gasteiger partial charge on any atom is -0.383 e. The van der Waals surface area contributed by atoms with Crippen molar-refractivity contribution in [3.63, 3.8) is 0 Å². The molecule has 1 spiro atoms. The first-order valence-electron chi connectivity index (χ1n) is 25.1. The van der Waals surface area contributed by atoms with Gasteiger partial charge in [0.05, 0.1) is 12.0 Å². The van der Waals surface area contributed by atoms with Gasteiger partial charge in [-0.3, -0.25) is 4.99 Å². The molecule has 0 fully saturated rings. The monoisotopic (exact) mass is 913 g/mol. The number of amidine groups is 2. The summed E-state index contributed by atoms with van der Waals surface area (Å²) in [6.07, 6.45) is 0. The van der Waals surface area contributed by atoms with E-state index in [1.165, 1.54) is 88.0 Å². The van der Waals surface area contributed by atoms with Crippen LogP contribution in [-0.2, 0) is 12.0 Å². The molecule has 2 aliphatic carbocycles. The molecule has 0 unspecified atom stereocenters. The number of aliphatic imine (C=N–C) groups is 2. The fourth-order valence-corrected chi connectivity index (χ4v) is 11.2. The summed E-state index contributed by atoms with van der Waals surface area (Å²) in [5, 5.41) is 7.38. The Hall–Kier alpha value is -8.66. The molecule has 2 N–H and O–H groups in total. The van der Waals surface area contributed by atoms with Crippen molar-refractivity contribution in [2.75, 3.05) is 0 Å². The number of nitrogens with two attached hydrogens (primary N) is 1. The second-order valence-electron chi connectivity index (χ2n) is 17.7. The van der Waals surface area contributed by atoms with Crippen LogP contribution in [0.5, 0.6) is 0 Å². The van der Waals surface area contributed by atoms with E-state index in [1.807, 2.05) is 76.2 Å². The lowest BCUT2D eigenvalue weighted by Gasteiger charge is -2.30. The van der Waals surface area contributed by atoms with Crippen LogP contribution in [0.25, 0.3) is 76.8 Å². The molecule has 0 saturated heterocycles. The number of hydrogen-bond donors (Lipinski definition) is 1. The van der Waals surface area contributed by atoms with E-state index in [9.17, 15) is 0 Å². The maximum Gasteiger partial charge on any atom is 0.157 e. The highest BCUT2D eigenvalue weighted by Crippen LogP contribution is 2.63. The molecule has 0 saturated carbocycles. The fraction of sp³-hybridized carbons (Fsp3) is 0.0882. The van der Waals surface area contributed by atoms with Crippen molar-refractivity contribution in [1.29, 1.82) is 0 Å². The standard InChI is InChI=1S/C64H43N3.2C2H6/c65-62(44-33-31-43(32-34-44)42-16-3-1-4-17-42)67-63(45-18-5-2-6-19-45)66-40-41-30-36-54-55(38-41)49-21-8-7-20-48(49)53-26-15-25-47(61(53)54)46-35-37-60-56(39-46)52-24-11-14-29-59(52)64(60)57-27-12-9-22-50(57)51-23-10-13-28-58(51)64;2*1-2/h1-39H,40H2,(H2,65,66,67);2*1-2H3. The average Bonchev–Trinajstić information content (AvgIpc) is 3.93. The van der Waals surface area contributed by atoms with E-state index in [4.69, 9.17) is 15.7 Å². The Morgan fingerprint density at radius 2 is 0.845 bits per heavy atom. The lowest BCUT2D eigenvalue weighted by Crippen LogP contribution is -2.25. The smallest absolute Gasteiger partial charge is 0.157 e. The van der Waals surface area contributed by atoms with Crippen LogP contribution in [0, 0.1) is 0 Å². The van der Waals surface area contributed by atoms with Crippen molar-refractivity contribution in [2.24, 2.45) is 15.7 Å². The van der Waals surface area contributed by atoms with Crippen molar-refractivity contribution < 1.29 is 0 Å². The SMILES string of the molecule is CC.CC.NC(=NC(=NCc1ccc2c(c1)c1ccccc1c1cccc(-c3ccc4c(c3)-c3ccccc3C43c4ccccc4-c4ccccc43)c12)c1ccccc1)c1ccc(-c2ccccc2)cc1. The van der Waals surface area contributed by atoms with Crippen molar-refractivity contribution in [1.82, 2.24) is 0 Å². The van der Waals surface area contributed by atoms with Gasteiger partial charge in [-0.25, -0.2) is 4.99 Å². The van der Waals surface area contributed by atoms with Gasteiger partial charge in [-0.15, -0.1) is 0 Å². The maximum absolute atomic E-state index is 6.73. The van der Waals surface area contributed by atoms with E-state index in [2.05, 4.69) is 188 Å². The second kappa shape index (κ2) is 19.0. The number of hydrogen-bond acceptors (Lipinski definition) is 1. The molecule has 11 aromatic rings. The van der Waals surface area contributed by atoms with Gasteiger partial charge in [0.25, 0.3) is 0 Å². The van der Waals surface area contributed by atoms with Gasteiger partial charge < -0.3 is 5.73 Å². The summed E-state index contributed by atoms with van der Waals surface area (Å²) in [6.45, 7) is 8.44. The quantitative estimate of drug-likeness (QED) is 0.101. The van der Waals surface area contributed by atoms with E-state index in [0.29, 0.717) is 18.2 Å². The highest BCUT2D eigenvalue weighted by atomic mass is 15.0. The maximum atomic E-state index is 6.73. The summed E-state index contributed by atoms with van der Waals surface area (Å²) in [4.78, 5) is 10.1.